The second-order valence-electron chi connectivity index (χ2n) is 6.30. The van der Waals surface area contributed by atoms with Crippen LogP contribution < -0.4 is 11.1 Å². The van der Waals surface area contributed by atoms with Crippen LogP contribution in [0.25, 0.3) is 0 Å². The molecule has 1 aliphatic carbocycles. The molecule has 1 saturated carbocycles. The summed E-state index contributed by atoms with van der Waals surface area (Å²) in [5, 5.41) is 3.17. The van der Waals surface area contributed by atoms with Crippen molar-refractivity contribution in [1.29, 1.82) is 0 Å². The summed E-state index contributed by atoms with van der Waals surface area (Å²) in [7, 11) is 4.04. The Morgan fingerprint density at radius 3 is 2.74 bits per heavy atom. The molecule has 0 aromatic carbocycles. The van der Waals surface area contributed by atoms with E-state index in [0.29, 0.717) is 12.1 Å². The number of primary amides is 1. The zero-order valence-electron chi connectivity index (χ0n) is 12.5. The van der Waals surface area contributed by atoms with E-state index in [-0.39, 0.29) is 5.91 Å². The lowest BCUT2D eigenvalue weighted by molar-refractivity contribution is -0.124. The third kappa shape index (κ3) is 2.93. The second kappa shape index (κ2) is 5.77. The van der Waals surface area contributed by atoms with Gasteiger partial charge in [0.2, 0.25) is 5.91 Å². The molecule has 5 nitrogen and oxygen atoms in total. The highest BCUT2D eigenvalue weighted by molar-refractivity contribution is 5.85. The lowest BCUT2D eigenvalue weighted by Crippen LogP contribution is -2.53. The Hall–Kier alpha value is -0.650. The van der Waals surface area contributed by atoms with Gasteiger partial charge in [-0.05, 0) is 59.8 Å². The first-order chi connectivity index (χ1) is 8.98. The lowest BCUT2D eigenvalue weighted by atomic mass is 9.96. The largest absolute Gasteiger partial charge is 0.368 e. The van der Waals surface area contributed by atoms with Crippen LogP contribution in [0.3, 0.4) is 0 Å². The number of hydrogen-bond acceptors (Lipinski definition) is 4. The average Bonchev–Trinajstić information content (AvgIpc) is 2.72. The Labute approximate surface area is 116 Å². The summed E-state index contributed by atoms with van der Waals surface area (Å²) < 4.78 is 0. The van der Waals surface area contributed by atoms with Crippen molar-refractivity contribution < 1.29 is 4.79 Å². The summed E-state index contributed by atoms with van der Waals surface area (Å²) in [5.41, 5.74) is 5.11. The molecule has 5 heteroatoms. The van der Waals surface area contributed by atoms with Crippen LogP contribution in [0.15, 0.2) is 0 Å². The van der Waals surface area contributed by atoms with Crippen LogP contribution in [0.2, 0.25) is 0 Å². The molecule has 0 bridgehead atoms. The van der Waals surface area contributed by atoms with Gasteiger partial charge in [-0.2, -0.15) is 0 Å². The first-order valence-electron chi connectivity index (χ1n) is 7.41. The minimum absolute atomic E-state index is 0.197. The van der Waals surface area contributed by atoms with Crippen molar-refractivity contribution in [3.63, 3.8) is 0 Å². The summed E-state index contributed by atoms with van der Waals surface area (Å²) >= 11 is 0. The Kier molecular flexibility index (Phi) is 4.48. The van der Waals surface area contributed by atoms with E-state index >= 15 is 0 Å². The van der Waals surface area contributed by atoms with Crippen molar-refractivity contribution in [2.24, 2.45) is 5.73 Å². The minimum atomic E-state index is -0.484. The zero-order chi connectivity index (χ0) is 14.0. The fourth-order valence-corrected chi connectivity index (χ4v) is 3.81. The molecule has 0 spiro atoms. The maximum atomic E-state index is 11.7. The van der Waals surface area contributed by atoms with Crippen molar-refractivity contribution in [2.75, 3.05) is 33.7 Å². The summed E-state index contributed by atoms with van der Waals surface area (Å²) in [4.78, 5) is 16.7. The summed E-state index contributed by atoms with van der Waals surface area (Å²) in [6.45, 7) is 5.71. The van der Waals surface area contributed by atoms with Crippen LogP contribution in [0.5, 0.6) is 0 Å². The molecule has 0 aromatic heterocycles. The van der Waals surface area contributed by atoms with Gasteiger partial charge >= 0.3 is 0 Å². The molecule has 19 heavy (non-hydrogen) atoms. The molecule has 2 rings (SSSR count). The number of carbonyl (C=O) groups excluding carboxylic acids is 1. The average molecular weight is 268 g/mol. The molecule has 1 saturated heterocycles. The molecule has 110 valence electrons. The molecule has 1 amide bonds. The third-order valence-electron chi connectivity index (χ3n) is 5.01. The van der Waals surface area contributed by atoms with Crippen molar-refractivity contribution in [2.45, 2.75) is 50.2 Å². The smallest absolute Gasteiger partial charge is 0.237 e. The molecular formula is C14H28N4O. The van der Waals surface area contributed by atoms with Gasteiger partial charge in [0, 0.05) is 18.6 Å². The highest BCUT2D eigenvalue weighted by Gasteiger charge is 2.45. The van der Waals surface area contributed by atoms with Crippen LogP contribution in [0.1, 0.15) is 32.6 Å². The van der Waals surface area contributed by atoms with Gasteiger partial charge in [0.25, 0.3) is 0 Å². The first-order valence-corrected chi connectivity index (χ1v) is 7.41. The number of carbonyl (C=O) groups is 1. The summed E-state index contributed by atoms with van der Waals surface area (Å²) in [6, 6.07) is 1.04. The zero-order valence-corrected chi connectivity index (χ0v) is 12.5. The van der Waals surface area contributed by atoms with Crippen LogP contribution in [-0.4, -0.2) is 67.1 Å². The monoisotopic (exact) mass is 268 g/mol. The Bertz CT molecular complexity index is 335. The first kappa shape index (κ1) is 14.8. The van der Waals surface area contributed by atoms with E-state index in [4.69, 9.17) is 5.73 Å². The molecule has 3 atom stereocenters. The third-order valence-corrected chi connectivity index (χ3v) is 5.01. The van der Waals surface area contributed by atoms with Crippen molar-refractivity contribution in [3.05, 3.63) is 0 Å². The Morgan fingerprint density at radius 2 is 2.16 bits per heavy atom. The molecule has 2 aliphatic rings. The number of nitrogens with zero attached hydrogens (tertiary/aromatic N) is 2. The minimum Gasteiger partial charge on any atom is -0.368 e. The topological polar surface area (TPSA) is 61.6 Å². The van der Waals surface area contributed by atoms with Gasteiger partial charge in [0.1, 0.15) is 0 Å². The number of amides is 1. The van der Waals surface area contributed by atoms with Gasteiger partial charge in [-0.15, -0.1) is 0 Å². The van der Waals surface area contributed by atoms with Crippen molar-refractivity contribution in [3.8, 4) is 0 Å². The van der Waals surface area contributed by atoms with Crippen LogP contribution in [0, 0.1) is 0 Å². The van der Waals surface area contributed by atoms with Gasteiger partial charge in [-0.1, -0.05) is 0 Å². The summed E-state index contributed by atoms with van der Waals surface area (Å²) in [5.74, 6) is -0.197. The molecule has 1 heterocycles. The Morgan fingerprint density at radius 1 is 1.42 bits per heavy atom. The maximum Gasteiger partial charge on any atom is 0.237 e. The van der Waals surface area contributed by atoms with E-state index in [9.17, 15) is 4.79 Å². The molecule has 2 fully saturated rings. The molecule has 0 aromatic rings. The predicted molar refractivity (Wildman–Crippen MR) is 76.9 cm³/mol. The van der Waals surface area contributed by atoms with Crippen LogP contribution in [-0.2, 0) is 4.79 Å². The van der Waals surface area contributed by atoms with Gasteiger partial charge in [0.05, 0.1) is 5.54 Å². The number of likely N-dealkylation sites (N-methyl/N-ethyl adjacent to an activating group) is 2. The quantitative estimate of drug-likeness (QED) is 0.757. The van der Waals surface area contributed by atoms with Gasteiger partial charge in [-0.25, -0.2) is 0 Å². The van der Waals surface area contributed by atoms with Gasteiger partial charge in [0.15, 0.2) is 0 Å². The molecule has 3 N–H and O–H groups in total. The van der Waals surface area contributed by atoms with E-state index in [1.807, 2.05) is 7.05 Å². The number of nitrogens with one attached hydrogen (secondary N) is 1. The van der Waals surface area contributed by atoms with E-state index < -0.39 is 5.54 Å². The molecule has 1 aliphatic heterocycles. The lowest BCUT2D eigenvalue weighted by Gasteiger charge is -2.34. The SMILES string of the molecule is CNC1(C(N)=O)CCC(N2CCCN(C)CC2C)C1. The van der Waals surface area contributed by atoms with Crippen LogP contribution >= 0.6 is 0 Å². The van der Waals surface area contributed by atoms with Gasteiger partial charge in [-0.3, -0.25) is 9.69 Å². The highest BCUT2D eigenvalue weighted by Crippen LogP contribution is 2.34. The fraction of sp³-hybridized carbons (Fsp3) is 0.929. The number of hydrogen-bond donors (Lipinski definition) is 2. The van der Waals surface area contributed by atoms with Crippen molar-refractivity contribution in [1.82, 2.24) is 15.1 Å². The predicted octanol–water partition coefficient (Wildman–Crippen LogP) is 0.00840. The van der Waals surface area contributed by atoms with E-state index in [2.05, 4.69) is 29.1 Å². The maximum absolute atomic E-state index is 11.7. The second-order valence-corrected chi connectivity index (χ2v) is 6.30. The molecule has 3 unspecified atom stereocenters. The number of nitrogens with two attached hydrogens (primary N) is 1. The normalized spacial score (nSPS) is 38.3. The van der Waals surface area contributed by atoms with Crippen LogP contribution in [0.4, 0.5) is 0 Å². The molecular weight excluding hydrogens is 240 g/mol. The van der Waals surface area contributed by atoms with E-state index in [1.165, 1.54) is 13.0 Å². The Balaban J connectivity index is 2.05. The summed E-state index contributed by atoms with van der Waals surface area (Å²) in [6.07, 6.45) is 3.99. The molecule has 0 radical (unpaired) electrons. The van der Waals surface area contributed by atoms with Crippen molar-refractivity contribution >= 4 is 5.91 Å². The van der Waals surface area contributed by atoms with E-state index in [0.717, 1.165) is 32.4 Å². The van der Waals surface area contributed by atoms with E-state index in [1.54, 1.807) is 0 Å². The van der Waals surface area contributed by atoms with Gasteiger partial charge < -0.3 is 16.0 Å². The fourth-order valence-electron chi connectivity index (χ4n) is 3.81. The highest BCUT2D eigenvalue weighted by atomic mass is 16.1. The standard InChI is InChI=1S/C14H28N4O/c1-11-10-17(3)7-4-8-18(11)12-5-6-14(9-12,16-2)13(15)19/h11-12,16H,4-10H2,1-3H3,(H2,15,19). The number of rotatable bonds is 3.